The van der Waals surface area contributed by atoms with Crippen LogP contribution in [0.5, 0.6) is 0 Å². The van der Waals surface area contributed by atoms with E-state index in [2.05, 4.69) is 48.2 Å². The van der Waals surface area contributed by atoms with Crippen molar-refractivity contribution in [2.75, 3.05) is 52.6 Å². The smallest absolute Gasteiger partial charge is 0.335 e. The summed E-state index contributed by atoms with van der Waals surface area (Å²) >= 11 is 0. The standard InChI is InChI=1S/C26H26N4O2.C16H18N2O3.C10H10N2.CH4.ClH/c1-16-4-7-20(10-22(16)23-17(2)28-25(29-23)26(3)14-32-15-26)24(31)30-12-21(13-30)19-8-5-18(11-27)6-9-19;1-9-4-5-11(14(19)20)6-12(9)13-10(2)17-15(18-13)16(3)7-21-8-16;11-5-8-1-3-9(4-2-8)10-6-12-7-10;;/h4-10,21H,12-15H2,1-3H3,(H,28,29);4-6H,7-8H2,1-3H3,(H,17,18)(H,19,20);1-4,10,12H,6-7H2;1H4;1H. The molecule has 67 heavy (non-hydrogen) atoms. The topological polar surface area (TPSA) is 193 Å². The predicted octanol–water partition coefficient (Wildman–Crippen LogP) is 9.08. The van der Waals surface area contributed by atoms with E-state index in [1.807, 2.05) is 98.5 Å². The van der Waals surface area contributed by atoms with Crippen LogP contribution in [-0.2, 0) is 20.3 Å². The number of aromatic carboxylic acids is 1. The number of H-pyrrole nitrogens is 2. The van der Waals surface area contributed by atoms with Crippen LogP contribution in [0.1, 0.15) is 110 Å². The highest BCUT2D eigenvalue weighted by molar-refractivity contribution is 5.96. The van der Waals surface area contributed by atoms with Gasteiger partial charge in [-0.1, -0.05) is 43.8 Å². The number of nitriles is 2. The fourth-order valence-corrected chi connectivity index (χ4v) is 8.35. The number of carbonyl (C=O) groups excluding carboxylic acids is 1. The first-order chi connectivity index (χ1) is 31.2. The summed E-state index contributed by atoms with van der Waals surface area (Å²) in [7, 11) is 0. The summed E-state index contributed by atoms with van der Waals surface area (Å²) in [5.41, 5.74) is 12.4. The average molecular weight is 924 g/mol. The fraction of sp³-hybridized carbons (Fsp3) is 0.358. The zero-order valence-corrected chi connectivity index (χ0v) is 38.9. The van der Waals surface area contributed by atoms with Crippen molar-refractivity contribution in [2.45, 2.75) is 71.6 Å². The van der Waals surface area contributed by atoms with Gasteiger partial charge in [-0.3, -0.25) is 4.79 Å². The lowest BCUT2D eigenvalue weighted by Crippen LogP contribution is -2.48. The van der Waals surface area contributed by atoms with Crippen LogP contribution in [0.25, 0.3) is 22.5 Å². The Labute approximate surface area is 399 Å². The van der Waals surface area contributed by atoms with E-state index in [0.717, 1.165) is 75.3 Å². The number of imidazole rings is 2. The normalized spacial score (nSPS) is 16.4. The molecule has 0 saturated carbocycles. The van der Waals surface area contributed by atoms with Crippen LogP contribution in [0.15, 0.2) is 84.9 Å². The minimum atomic E-state index is -0.927. The number of ether oxygens (including phenoxy) is 2. The van der Waals surface area contributed by atoms with Crippen LogP contribution in [0.2, 0.25) is 0 Å². The minimum Gasteiger partial charge on any atom is -0.478 e. The molecule has 0 unspecified atom stereocenters. The van der Waals surface area contributed by atoms with Crippen molar-refractivity contribution in [3.63, 3.8) is 0 Å². The molecule has 1 amide bonds. The quantitative estimate of drug-likeness (QED) is 0.114. The number of aromatic amines is 2. The second-order valence-electron chi connectivity index (χ2n) is 18.3. The van der Waals surface area contributed by atoms with Crippen LogP contribution in [-0.4, -0.2) is 94.4 Å². The van der Waals surface area contributed by atoms with Crippen molar-refractivity contribution >= 4 is 24.3 Å². The van der Waals surface area contributed by atoms with Crippen molar-refractivity contribution < 1.29 is 24.2 Å². The van der Waals surface area contributed by atoms with E-state index in [9.17, 15) is 9.59 Å². The lowest BCUT2D eigenvalue weighted by atomic mass is 9.88. The second-order valence-corrected chi connectivity index (χ2v) is 18.3. The SMILES string of the molecule is C.Cc1ccc(C(=O)N2CC(c3ccc(C#N)cc3)C2)cc1-c1nc(C2(C)COC2)[nH]c1C.Cc1ccc(C(=O)O)cc1-c1nc(C2(C)COC2)[nH]c1C.Cl.N#Cc1ccc(C2CNC2)cc1. The minimum absolute atomic E-state index is 0. The Hall–Kier alpha value is -6.61. The first kappa shape index (κ1) is 49.8. The van der Waals surface area contributed by atoms with Crippen molar-refractivity contribution in [1.82, 2.24) is 30.2 Å². The van der Waals surface area contributed by atoms with Gasteiger partial charge in [-0.25, -0.2) is 14.8 Å². The number of carboxylic acids is 1. The van der Waals surface area contributed by atoms with Crippen LogP contribution in [0.3, 0.4) is 0 Å². The molecule has 2 aromatic heterocycles. The lowest BCUT2D eigenvalue weighted by Gasteiger charge is -2.39. The Morgan fingerprint density at radius 1 is 0.672 bits per heavy atom. The van der Waals surface area contributed by atoms with Crippen molar-refractivity contribution in [1.29, 1.82) is 10.5 Å². The van der Waals surface area contributed by atoms with E-state index < -0.39 is 5.97 Å². The molecular formula is C53H59ClN8O5. The molecule has 0 aliphatic carbocycles. The summed E-state index contributed by atoms with van der Waals surface area (Å²) in [6, 6.07) is 30.8. The van der Waals surface area contributed by atoms with E-state index in [1.165, 1.54) is 11.1 Å². The number of halogens is 1. The largest absolute Gasteiger partial charge is 0.478 e. The molecule has 6 heterocycles. The number of likely N-dealkylation sites (tertiary alicyclic amines) is 1. The van der Waals surface area contributed by atoms with Gasteiger partial charge in [-0.05, 0) is 112 Å². The number of hydrogen-bond acceptors (Lipinski definition) is 9. The Morgan fingerprint density at radius 2 is 1.09 bits per heavy atom. The van der Waals surface area contributed by atoms with Gasteiger partial charge in [0.2, 0.25) is 0 Å². The molecule has 0 radical (unpaired) electrons. The number of aryl methyl sites for hydroxylation is 4. The Bertz CT molecular complexity index is 2820. The molecule has 0 spiro atoms. The number of amides is 1. The molecule has 4 N–H and O–H groups in total. The Balaban J connectivity index is 0.000000182. The number of benzene rings is 4. The van der Waals surface area contributed by atoms with E-state index in [-0.39, 0.29) is 42.1 Å². The van der Waals surface area contributed by atoms with Gasteiger partial charge in [0.05, 0.1) is 77.5 Å². The zero-order chi connectivity index (χ0) is 46.0. The van der Waals surface area contributed by atoms with Gasteiger partial charge in [-0.15, -0.1) is 12.4 Å². The zero-order valence-electron chi connectivity index (χ0n) is 38.1. The molecule has 0 atom stereocenters. The maximum Gasteiger partial charge on any atom is 0.335 e. The van der Waals surface area contributed by atoms with Gasteiger partial charge in [0.25, 0.3) is 5.91 Å². The molecule has 6 aromatic rings. The summed E-state index contributed by atoms with van der Waals surface area (Å²) in [4.78, 5) is 42.5. The molecule has 0 bridgehead atoms. The summed E-state index contributed by atoms with van der Waals surface area (Å²) in [5, 5.41) is 29.9. The summed E-state index contributed by atoms with van der Waals surface area (Å²) in [5.74, 6) is 1.95. The third kappa shape index (κ3) is 10.4. The molecule has 4 aliphatic rings. The van der Waals surface area contributed by atoms with Gasteiger partial charge in [0.15, 0.2) is 0 Å². The van der Waals surface area contributed by atoms with Crippen molar-refractivity contribution in [3.05, 3.63) is 152 Å². The van der Waals surface area contributed by atoms with Crippen molar-refractivity contribution in [2.24, 2.45) is 0 Å². The molecule has 13 nitrogen and oxygen atoms in total. The maximum atomic E-state index is 13.1. The van der Waals surface area contributed by atoms with Crippen LogP contribution >= 0.6 is 12.4 Å². The van der Waals surface area contributed by atoms with E-state index in [1.54, 1.807) is 12.1 Å². The Morgan fingerprint density at radius 3 is 1.46 bits per heavy atom. The van der Waals surface area contributed by atoms with E-state index in [0.29, 0.717) is 62.5 Å². The number of rotatable bonds is 8. The van der Waals surface area contributed by atoms with Gasteiger partial charge in [0, 0.05) is 66.1 Å². The molecule has 4 aromatic carbocycles. The highest BCUT2D eigenvalue weighted by Gasteiger charge is 2.40. The number of carbonyl (C=O) groups is 2. The number of nitrogens with zero attached hydrogens (tertiary/aromatic N) is 5. The maximum absolute atomic E-state index is 13.1. The number of carboxylic acid groups (broad SMARTS) is 1. The summed E-state index contributed by atoms with van der Waals surface area (Å²) in [6.45, 7) is 18.5. The second kappa shape index (κ2) is 20.5. The predicted molar refractivity (Wildman–Crippen MR) is 261 cm³/mol. The van der Waals surface area contributed by atoms with Gasteiger partial charge in [0.1, 0.15) is 11.6 Å². The third-order valence-electron chi connectivity index (χ3n) is 13.0. The monoisotopic (exact) mass is 922 g/mol. The highest BCUT2D eigenvalue weighted by Crippen LogP contribution is 2.36. The molecule has 4 fully saturated rings. The number of hydrogen-bond donors (Lipinski definition) is 4. The van der Waals surface area contributed by atoms with Crippen molar-refractivity contribution in [3.8, 4) is 34.7 Å². The fourth-order valence-electron chi connectivity index (χ4n) is 8.35. The number of nitrogens with one attached hydrogen (secondary N) is 3. The van der Waals surface area contributed by atoms with Crippen LogP contribution in [0, 0.1) is 50.4 Å². The molecule has 10 rings (SSSR count). The van der Waals surface area contributed by atoms with Crippen LogP contribution < -0.4 is 5.32 Å². The van der Waals surface area contributed by atoms with Gasteiger partial charge >= 0.3 is 5.97 Å². The first-order valence-electron chi connectivity index (χ1n) is 21.9. The summed E-state index contributed by atoms with van der Waals surface area (Å²) < 4.78 is 10.7. The number of aromatic nitrogens is 4. The Kier molecular flexibility index (Phi) is 15.2. The molecule has 14 heteroatoms. The van der Waals surface area contributed by atoms with E-state index in [4.69, 9.17) is 35.1 Å². The van der Waals surface area contributed by atoms with Crippen LogP contribution in [0.4, 0.5) is 0 Å². The molecule has 348 valence electrons. The molecule has 4 aliphatic heterocycles. The molecule has 4 saturated heterocycles. The van der Waals surface area contributed by atoms with Gasteiger partial charge in [-0.2, -0.15) is 10.5 Å². The third-order valence-corrected chi connectivity index (χ3v) is 13.0. The summed E-state index contributed by atoms with van der Waals surface area (Å²) in [6.07, 6.45) is 0. The lowest BCUT2D eigenvalue weighted by molar-refractivity contribution is -0.0539. The molecular weight excluding hydrogens is 864 g/mol. The van der Waals surface area contributed by atoms with Gasteiger partial charge < -0.3 is 34.8 Å². The average Bonchev–Trinajstić information content (AvgIpc) is 3.84. The highest BCUT2D eigenvalue weighted by atomic mass is 35.5. The van der Waals surface area contributed by atoms with E-state index >= 15 is 0 Å². The first-order valence-corrected chi connectivity index (χ1v) is 21.9.